The summed E-state index contributed by atoms with van der Waals surface area (Å²) in [6.45, 7) is 6.59. The molecule has 1 atom stereocenters. The van der Waals surface area contributed by atoms with Crippen LogP contribution < -0.4 is 5.32 Å². The minimum atomic E-state index is 0.242. The average Bonchev–Trinajstić information content (AvgIpc) is 3.00. The Labute approximate surface area is 119 Å². The molecule has 0 spiro atoms. The molecule has 0 fully saturated rings. The zero-order valence-corrected chi connectivity index (χ0v) is 12.4. The van der Waals surface area contributed by atoms with Crippen molar-refractivity contribution in [2.75, 3.05) is 19.0 Å². The van der Waals surface area contributed by atoms with Crippen molar-refractivity contribution >= 4 is 5.95 Å². The van der Waals surface area contributed by atoms with E-state index in [0.29, 0.717) is 6.61 Å². The van der Waals surface area contributed by atoms with Crippen molar-refractivity contribution in [3.8, 4) is 0 Å². The quantitative estimate of drug-likeness (QED) is 0.801. The van der Waals surface area contributed by atoms with E-state index in [0.717, 1.165) is 31.2 Å². The van der Waals surface area contributed by atoms with Crippen molar-refractivity contribution in [1.29, 1.82) is 0 Å². The summed E-state index contributed by atoms with van der Waals surface area (Å²) in [5, 5.41) is 7.59. The van der Waals surface area contributed by atoms with Gasteiger partial charge >= 0.3 is 0 Å². The predicted octanol–water partition coefficient (Wildman–Crippen LogP) is 1.93. The van der Waals surface area contributed by atoms with Crippen LogP contribution >= 0.6 is 0 Å². The molecule has 2 aromatic heterocycles. The Bertz CT molecular complexity index is 506. The Hall–Kier alpha value is -1.82. The van der Waals surface area contributed by atoms with Gasteiger partial charge in [-0.3, -0.25) is 4.68 Å². The number of hydrogen-bond donors (Lipinski definition) is 1. The van der Waals surface area contributed by atoms with Gasteiger partial charge in [-0.2, -0.15) is 5.10 Å². The molecule has 0 saturated heterocycles. The Balaban J connectivity index is 1.89. The van der Waals surface area contributed by atoms with Crippen molar-refractivity contribution in [3.05, 3.63) is 30.4 Å². The number of anilines is 1. The summed E-state index contributed by atoms with van der Waals surface area (Å²) in [7, 11) is 1.71. The zero-order valence-electron chi connectivity index (χ0n) is 12.4. The van der Waals surface area contributed by atoms with Gasteiger partial charge in [-0.15, -0.1) is 0 Å². The average molecular weight is 277 g/mol. The maximum absolute atomic E-state index is 5.14. The molecule has 0 radical (unpaired) electrons. The molecule has 0 aliphatic carbocycles. The molecule has 1 N–H and O–H groups in total. The van der Waals surface area contributed by atoms with Crippen LogP contribution in [0.25, 0.3) is 0 Å². The van der Waals surface area contributed by atoms with Crippen LogP contribution in [0, 0.1) is 6.92 Å². The monoisotopic (exact) mass is 277 g/mol. The summed E-state index contributed by atoms with van der Waals surface area (Å²) in [5.74, 6) is 0.910. The molecule has 1 unspecified atom stereocenters. The summed E-state index contributed by atoms with van der Waals surface area (Å²) >= 11 is 0. The van der Waals surface area contributed by atoms with Gasteiger partial charge in [0.15, 0.2) is 0 Å². The van der Waals surface area contributed by atoms with Crippen LogP contribution in [0.15, 0.2) is 24.7 Å². The summed E-state index contributed by atoms with van der Waals surface area (Å²) in [4.78, 5) is 4.52. The van der Waals surface area contributed by atoms with E-state index in [1.54, 1.807) is 13.3 Å². The molecule has 6 heteroatoms. The smallest absolute Gasteiger partial charge is 0.203 e. The van der Waals surface area contributed by atoms with Gasteiger partial charge in [0.2, 0.25) is 5.95 Å². The largest absolute Gasteiger partial charge is 0.383 e. The fourth-order valence-electron chi connectivity index (χ4n) is 2.18. The van der Waals surface area contributed by atoms with Gasteiger partial charge in [-0.05, 0) is 26.3 Å². The number of methoxy groups -OCH3 is 1. The molecule has 2 heterocycles. The lowest BCUT2D eigenvalue weighted by molar-refractivity contribution is 0.190. The highest BCUT2D eigenvalue weighted by molar-refractivity contribution is 5.30. The molecule has 2 aromatic rings. The van der Waals surface area contributed by atoms with Crippen LogP contribution in [-0.4, -0.2) is 39.1 Å². The number of imidazole rings is 1. The van der Waals surface area contributed by atoms with E-state index in [4.69, 9.17) is 4.74 Å². The molecule has 2 rings (SSSR count). The van der Waals surface area contributed by atoms with E-state index in [9.17, 15) is 0 Å². The summed E-state index contributed by atoms with van der Waals surface area (Å²) < 4.78 is 9.25. The topological polar surface area (TPSA) is 56.9 Å². The maximum atomic E-state index is 5.14. The number of aryl methyl sites for hydroxylation is 3. The minimum absolute atomic E-state index is 0.242. The highest BCUT2D eigenvalue weighted by Gasteiger charge is 2.08. The molecule has 0 aliphatic heterocycles. The summed E-state index contributed by atoms with van der Waals surface area (Å²) in [6, 6.07) is 2.19. The maximum Gasteiger partial charge on any atom is 0.203 e. The Morgan fingerprint density at radius 3 is 2.95 bits per heavy atom. The van der Waals surface area contributed by atoms with E-state index < -0.39 is 0 Å². The highest BCUT2D eigenvalue weighted by atomic mass is 16.5. The Morgan fingerprint density at radius 1 is 1.40 bits per heavy atom. The molecular formula is C14H23N5O. The van der Waals surface area contributed by atoms with E-state index in [2.05, 4.69) is 33.1 Å². The van der Waals surface area contributed by atoms with E-state index in [1.165, 1.54) is 0 Å². The Kier molecular flexibility index (Phi) is 5.17. The molecule has 110 valence electrons. The third-order valence-corrected chi connectivity index (χ3v) is 3.03. The molecule has 0 saturated carbocycles. The van der Waals surface area contributed by atoms with Crippen LogP contribution in [0.4, 0.5) is 5.95 Å². The number of hydrogen-bond acceptors (Lipinski definition) is 4. The van der Waals surface area contributed by atoms with Gasteiger partial charge in [0.25, 0.3) is 0 Å². The van der Waals surface area contributed by atoms with Gasteiger partial charge in [0, 0.05) is 44.8 Å². The van der Waals surface area contributed by atoms with Crippen LogP contribution in [0.1, 0.15) is 19.0 Å². The van der Waals surface area contributed by atoms with E-state index in [1.807, 2.05) is 23.9 Å². The van der Waals surface area contributed by atoms with Gasteiger partial charge in [-0.25, -0.2) is 4.98 Å². The second-order valence-electron chi connectivity index (χ2n) is 5.02. The number of rotatable bonds is 8. The number of nitrogens with zero attached hydrogens (tertiary/aromatic N) is 4. The molecule has 20 heavy (non-hydrogen) atoms. The normalized spacial score (nSPS) is 12.6. The second kappa shape index (κ2) is 7.09. The van der Waals surface area contributed by atoms with Gasteiger partial charge < -0.3 is 14.6 Å². The first kappa shape index (κ1) is 14.6. The summed E-state index contributed by atoms with van der Waals surface area (Å²) in [5.41, 5.74) is 1.02. The van der Waals surface area contributed by atoms with Gasteiger partial charge in [-0.1, -0.05) is 0 Å². The van der Waals surface area contributed by atoms with Gasteiger partial charge in [0.05, 0.1) is 12.3 Å². The molecule has 0 aromatic carbocycles. The minimum Gasteiger partial charge on any atom is -0.383 e. The van der Waals surface area contributed by atoms with Crippen molar-refractivity contribution in [1.82, 2.24) is 19.3 Å². The zero-order chi connectivity index (χ0) is 14.4. The Morgan fingerprint density at radius 2 is 2.25 bits per heavy atom. The molecule has 0 aliphatic rings. The number of nitrogens with one attached hydrogen (secondary N) is 1. The van der Waals surface area contributed by atoms with Crippen molar-refractivity contribution < 1.29 is 4.74 Å². The number of ether oxygens (including phenoxy) is 1. The standard InChI is InChI=1S/C14H23N5O/c1-12-10-18(7-5-9-19-8-4-6-15-19)14(16-12)17-13(2)11-20-3/h4,6,8,10,13H,5,7,9,11H2,1-3H3,(H,16,17). The van der Waals surface area contributed by atoms with Crippen LogP contribution in [0.3, 0.4) is 0 Å². The van der Waals surface area contributed by atoms with E-state index in [-0.39, 0.29) is 6.04 Å². The summed E-state index contributed by atoms with van der Waals surface area (Å²) in [6.07, 6.45) is 6.88. The fraction of sp³-hybridized carbons (Fsp3) is 0.571. The van der Waals surface area contributed by atoms with Crippen molar-refractivity contribution in [2.45, 2.75) is 39.4 Å². The first-order valence-corrected chi connectivity index (χ1v) is 6.95. The van der Waals surface area contributed by atoms with E-state index >= 15 is 0 Å². The van der Waals surface area contributed by atoms with Crippen LogP contribution in [-0.2, 0) is 17.8 Å². The molecular weight excluding hydrogens is 254 g/mol. The van der Waals surface area contributed by atoms with Crippen LogP contribution in [0.2, 0.25) is 0 Å². The van der Waals surface area contributed by atoms with Crippen molar-refractivity contribution in [2.24, 2.45) is 0 Å². The lowest BCUT2D eigenvalue weighted by atomic mass is 10.4. The first-order chi connectivity index (χ1) is 9.69. The number of aromatic nitrogens is 4. The SMILES string of the molecule is COCC(C)Nc1nc(C)cn1CCCn1cccn1. The third-order valence-electron chi connectivity index (χ3n) is 3.03. The molecule has 6 nitrogen and oxygen atoms in total. The lowest BCUT2D eigenvalue weighted by Crippen LogP contribution is -2.23. The molecule has 0 bridgehead atoms. The second-order valence-corrected chi connectivity index (χ2v) is 5.02. The van der Waals surface area contributed by atoms with Gasteiger partial charge in [0.1, 0.15) is 0 Å². The van der Waals surface area contributed by atoms with Crippen LogP contribution in [0.5, 0.6) is 0 Å². The predicted molar refractivity (Wildman–Crippen MR) is 78.8 cm³/mol. The molecule has 0 amide bonds. The van der Waals surface area contributed by atoms with Crippen molar-refractivity contribution in [3.63, 3.8) is 0 Å². The first-order valence-electron chi connectivity index (χ1n) is 6.95. The lowest BCUT2D eigenvalue weighted by Gasteiger charge is -2.15. The third kappa shape index (κ3) is 4.09. The highest BCUT2D eigenvalue weighted by Crippen LogP contribution is 2.11. The fourth-order valence-corrected chi connectivity index (χ4v) is 2.18.